The highest BCUT2D eigenvalue weighted by Gasteiger charge is 2.32. The van der Waals surface area contributed by atoms with Crippen LogP contribution in [0.25, 0.3) is 0 Å². The summed E-state index contributed by atoms with van der Waals surface area (Å²) < 4.78 is 6.54. The molecule has 3 nitrogen and oxygen atoms in total. The molecule has 0 amide bonds. The van der Waals surface area contributed by atoms with Crippen molar-refractivity contribution in [3.63, 3.8) is 0 Å². The largest absolute Gasteiger partial charge is 0.494 e. The molecule has 5 heteroatoms. The number of hydrogen-bond donors (Lipinski definition) is 2. The summed E-state index contributed by atoms with van der Waals surface area (Å²) in [5.41, 5.74) is 7.08. The van der Waals surface area contributed by atoms with Gasteiger partial charge in [-0.25, -0.2) is 0 Å². The van der Waals surface area contributed by atoms with Gasteiger partial charge < -0.3 is 15.6 Å². The number of aliphatic hydroxyl groups is 1. The highest BCUT2D eigenvalue weighted by Crippen LogP contribution is 2.37. The van der Waals surface area contributed by atoms with Gasteiger partial charge in [0.15, 0.2) is 0 Å². The van der Waals surface area contributed by atoms with Gasteiger partial charge >= 0.3 is 0 Å². The van der Waals surface area contributed by atoms with Crippen molar-refractivity contribution in [1.29, 1.82) is 0 Å². The molecule has 1 aliphatic rings. The Kier molecular flexibility index (Phi) is 6.60. The van der Waals surface area contributed by atoms with Crippen molar-refractivity contribution in [2.24, 2.45) is 11.7 Å². The number of hydrogen-bond acceptors (Lipinski definition) is 3. The summed E-state index contributed by atoms with van der Waals surface area (Å²) in [6.45, 7) is 2.54. The lowest BCUT2D eigenvalue weighted by molar-refractivity contribution is 0.0406. The van der Waals surface area contributed by atoms with Crippen molar-refractivity contribution in [3.05, 3.63) is 28.2 Å². The van der Waals surface area contributed by atoms with E-state index in [4.69, 9.17) is 10.5 Å². The van der Waals surface area contributed by atoms with Crippen LogP contribution in [0.1, 0.15) is 37.8 Å². The number of ether oxygens (including phenoxy) is 1. The SMILES string of the molecule is CCOc1ccc(Br)cc1[C@H](N)[C@H](O)C1CCC1.Cl. The summed E-state index contributed by atoms with van der Waals surface area (Å²) in [6, 6.07) is 5.39. The van der Waals surface area contributed by atoms with Gasteiger partial charge in [0.25, 0.3) is 0 Å². The van der Waals surface area contributed by atoms with Gasteiger partial charge in [-0.3, -0.25) is 0 Å². The zero-order valence-corrected chi connectivity index (χ0v) is 13.4. The standard InChI is InChI=1S/C14H20BrNO2.ClH/c1-2-18-12-7-6-10(15)8-11(12)13(16)14(17)9-4-3-5-9;/h6-9,13-14,17H,2-5,16H2,1H3;1H/t13-,14+;/m0./s1. The molecule has 0 heterocycles. The lowest BCUT2D eigenvalue weighted by Crippen LogP contribution is -2.36. The average molecular weight is 351 g/mol. The van der Waals surface area contributed by atoms with Crippen molar-refractivity contribution in [1.82, 2.24) is 0 Å². The highest BCUT2D eigenvalue weighted by molar-refractivity contribution is 9.10. The molecular weight excluding hydrogens is 330 g/mol. The molecule has 1 aliphatic carbocycles. The molecule has 2 rings (SSSR count). The van der Waals surface area contributed by atoms with Crippen LogP contribution in [0.3, 0.4) is 0 Å². The second-order valence-corrected chi connectivity index (χ2v) is 5.74. The van der Waals surface area contributed by atoms with E-state index in [-0.39, 0.29) is 18.4 Å². The lowest BCUT2D eigenvalue weighted by atomic mass is 9.77. The molecule has 2 atom stereocenters. The Balaban J connectivity index is 0.00000180. The van der Waals surface area contributed by atoms with Gasteiger partial charge in [0.2, 0.25) is 0 Å². The van der Waals surface area contributed by atoms with Crippen LogP contribution >= 0.6 is 28.3 Å². The van der Waals surface area contributed by atoms with E-state index in [1.54, 1.807) is 0 Å². The fourth-order valence-electron chi connectivity index (χ4n) is 2.33. The van der Waals surface area contributed by atoms with Crippen molar-refractivity contribution >= 4 is 28.3 Å². The Bertz CT molecular complexity index is 412. The van der Waals surface area contributed by atoms with Crippen molar-refractivity contribution in [2.45, 2.75) is 38.3 Å². The minimum absolute atomic E-state index is 0. The first-order chi connectivity index (χ1) is 8.63. The average Bonchev–Trinajstić information content (AvgIpc) is 2.28. The maximum atomic E-state index is 10.3. The summed E-state index contributed by atoms with van der Waals surface area (Å²) >= 11 is 3.44. The number of benzene rings is 1. The van der Waals surface area contributed by atoms with E-state index < -0.39 is 6.10 Å². The van der Waals surface area contributed by atoms with Gasteiger partial charge in [-0.15, -0.1) is 12.4 Å². The van der Waals surface area contributed by atoms with Crippen LogP contribution in [-0.4, -0.2) is 17.8 Å². The molecule has 3 N–H and O–H groups in total. The Hall–Kier alpha value is -0.290. The second-order valence-electron chi connectivity index (χ2n) is 4.82. The molecule has 1 aromatic carbocycles. The van der Waals surface area contributed by atoms with Crippen molar-refractivity contribution < 1.29 is 9.84 Å². The van der Waals surface area contributed by atoms with E-state index in [1.807, 2.05) is 25.1 Å². The van der Waals surface area contributed by atoms with E-state index >= 15 is 0 Å². The molecule has 0 saturated heterocycles. The fourth-order valence-corrected chi connectivity index (χ4v) is 2.70. The minimum atomic E-state index is -0.479. The van der Waals surface area contributed by atoms with Crippen LogP contribution in [0.2, 0.25) is 0 Å². The summed E-state index contributed by atoms with van der Waals surface area (Å²) in [4.78, 5) is 0. The van der Waals surface area contributed by atoms with Crippen LogP contribution in [0, 0.1) is 5.92 Å². The molecule has 0 aromatic heterocycles. The van der Waals surface area contributed by atoms with E-state index in [2.05, 4.69) is 15.9 Å². The zero-order chi connectivity index (χ0) is 13.1. The van der Waals surface area contributed by atoms with Crippen LogP contribution in [0.15, 0.2) is 22.7 Å². The molecule has 1 aromatic rings. The maximum Gasteiger partial charge on any atom is 0.124 e. The Morgan fingerprint density at radius 2 is 2.16 bits per heavy atom. The molecule has 19 heavy (non-hydrogen) atoms. The normalized spacial score (nSPS) is 18.1. The third kappa shape index (κ3) is 3.85. The molecule has 1 fully saturated rings. The van der Waals surface area contributed by atoms with Gasteiger partial charge in [0.05, 0.1) is 18.8 Å². The Morgan fingerprint density at radius 3 is 2.68 bits per heavy atom. The number of halogens is 2. The molecule has 0 radical (unpaired) electrons. The smallest absolute Gasteiger partial charge is 0.124 e. The predicted octanol–water partition coefficient (Wildman–Crippen LogP) is 3.43. The molecule has 0 bridgehead atoms. The van der Waals surface area contributed by atoms with Gasteiger partial charge in [0.1, 0.15) is 5.75 Å². The third-order valence-corrected chi connectivity index (χ3v) is 4.12. The Morgan fingerprint density at radius 1 is 1.47 bits per heavy atom. The first-order valence-electron chi connectivity index (χ1n) is 6.49. The third-order valence-electron chi connectivity index (χ3n) is 3.63. The van der Waals surface area contributed by atoms with Crippen molar-refractivity contribution in [3.8, 4) is 5.75 Å². The summed E-state index contributed by atoms with van der Waals surface area (Å²) in [6.07, 6.45) is 2.87. The monoisotopic (exact) mass is 349 g/mol. The quantitative estimate of drug-likeness (QED) is 0.855. The topological polar surface area (TPSA) is 55.5 Å². The van der Waals surface area contributed by atoms with E-state index in [0.717, 1.165) is 28.6 Å². The Labute approximate surface area is 129 Å². The first kappa shape index (κ1) is 16.8. The van der Waals surface area contributed by atoms with E-state index in [1.165, 1.54) is 6.42 Å². The van der Waals surface area contributed by atoms with Gasteiger partial charge in [0, 0.05) is 10.0 Å². The zero-order valence-electron chi connectivity index (χ0n) is 11.0. The molecule has 108 valence electrons. The minimum Gasteiger partial charge on any atom is -0.494 e. The van der Waals surface area contributed by atoms with Gasteiger partial charge in [-0.2, -0.15) is 0 Å². The molecular formula is C14H21BrClNO2. The molecule has 0 spiro atoms. The van der Waals surface area contributed by atoms with Gasteiger partial charge in [-0.05, 0) is 43.9 Å². The van der Waals surface area contributed by atoms with Crippen LogP contribution in [0.5, 0.6) is 5.75 Å². The summed E-state index contributed by atoms with van der Waals surface area (Å²) in [5.74, 6) is 1.11. The van der Waals surface area contributed by atoms with Crippen LogP contribution in [-0.2, 0) is 0 Å². The summed E-state index contributed by atoms with van der Waals surface area (Å²) in [7, 11) is 0. The van der Waals surface area contributed by atoms with Crippen LogP contribution < -0.4 is 10.5 Å². The number of nitrogens with two attached hydrogens (primary N) is 1. The van der Waals surface area contributed by atoms with E-state index in [0.29, 0.717) is 12.5 Å². The fraction of sp³-hybridized carbons (Fsp3) is 0.571. The van der Waals surface area contributed by atoms with E-state index in [9.17, 15) is 5.11 Å². The molecule has 0 unspecified atom stereocenters. The number of aliphatic hydroxyl groups excluding tert-OH is 1. The molecule has 1 saturated carbocycles. The van der Waals surface area contributed by atoms with Gasteiger partial charge in [-0.1, -0.05) is 22.4 Å². The first-order valence-corrected chi connectivity index (χ1v) is 7.28. The second kappa shape index (κ2) is 7.48. The maximum absolute atomic E-state index is 10.3. The molecule has 0 aliphatic heterocycles. The summed E-state index contributed by atoms with van der Waals surface area (Å²) in [5, 5.41) is 10.3. The number of rotatable bonds is 5. The highest BCUT2D eigenvalue weighted by atomic mass is 79.9. The predicted molar refractivity (Wildman–Crippen MR) is 82.8 cm³/mol. The van der Waals surface area contributed by atoms with Crippen molar-refractivity contribution in [2.75, 3.05) is 6.61 Å². The lowest BCUT2D eigenvalue weighted by Gasteiger charge is -2.34. The van der Waals surface area contributed by atoms with Crippen LogP contribution in [0.4, 0.5) is 0 Å².